The largest absolute Gasteiger partial charge is 0.474 e. The fourth-order valence-corrected chi connectivity index (χ4v) is 5.54. The van der Waals surface area contributed by atoms with Gasteiger partial charge < -0.3 is 10.1 Å². The number of aromatic amines is 1. The van der Waals surface area contributed by atoms with Gasteiger partial charge in [0.25, 0.3) is 0 Å². The van der Waals surface area contributed by atoms with E-state index in [9.17, 15) is 12.8 Å². The second-order valence-electron chi connectivity index (χ2n) is 7.15. The van der Waals surface area contributed by atoms with Crippen molar-refractivity contribution in [3.05, 3.63) is 46.7 Å². The molecule has 8 nitrogen and oxygen atoms in total. The van der Waals surface area contributed by atoms with Crippen molar-refractivity contribution in [2.75, 3.05) is 5.32 Å². The van der Waals surface area contributed by atoms with E-state index in [4.69, 9.17) is 4.74 Å². The van der Waals surface area contributed by atoms with E-state index in [1.807, 2.05) is 17.5 Å². The third-order valence-corrected chi connectivity index (χ3v) is 7.34. The van der Waals surface area contributed by atoms with Gasteiger partial charge in [-0.25, -0.2) is 17.5 Å². The number of aromatic nitrogens is 3. The summed E-state index contributed by atoms with van der Waals surface area (Å²) < 4.78 is 50.8. The standard InChI is InChI=1S/C18H18FN5O3S2/c19-18-12-9-20-29(25,26)15(12)4-3-13(18)21-16-8-14(22-23-16)10-1-2-11(7-10)27-17-5-6-28-24-17/h3-6,8,10-11,20H,1-2,7,9H2,(H2,21,22,23)/t10-,11+/m0/s1. The first-order chi connectivity index (χ1) is 14.0. The van der Waals surface area contributed by atoms with Crippen LogP contribution < -0.4 is 14.8 Å². The number of rotatable bonds is 5. The Morgan fingerprint density at radius 3 is 3.00 bits per heavy atom. The van der Waals surface area contributed by atoms with Crippen LogP contribution in [-0.4, -0.2) is 29.1 Å². The highest BCUT2D eigenvalue weighted by molar-refractivity contribution is 7.89. The number of anilines is 2. The van der Waals surface area contributed by atoms with Crippen molar-refractivity contribution in [1.82, 2.24) is 19.3 Å². The van der Waals surface area contributed by atoms with Crippen molar-refractivity contribution in [1.29, 1.82) is 0 Å². The Morgan fingerprint density at radius 2 is 2.17 bits per heavy atom. The first-order valence-electron chi connectivity index (χ1n) is 9.20. The summed E-state index contributed by atoms with van der Waals surface area (Å²) in [7, 11) is -3.60. The minimum atomic E-state index is -3.60. The van der Waals surface area contributed by atoms with E-state index < -0.39 is 15.8 Å². The molecule has 0 saturated heterocycles. The average molecular weight is 436 g/mol. The first-order valence-corrected chi connectivity index (χ1v) is 11.5. The van der Waals surface area contributed by atoms with Crippen molar-refractivity contribution in [2.45, 2.75) is 42.7 Å². The monoisotopic (exact) mass is 435 g/mol. The molecule has 152 valence electrons. The summed E-state index contributed by atoms with van der Waals surface area (Å²) in [6, 6.07) is 6.54. The van der Waals surface area contributed by atoms with Crippen LogP contribution in [0.15, 0.2) is 34.5 Å². The second kappa shape index (κ2) is 7.08. The van der Waals surface area contributed by atoms with Crippen molar-refractivity contribution >= 4 is 33.1 Å². The van der Waals surface area contributed by atoms with Crippen LogP contribution in [0.2, 0.25) is 0 Å². The molecule has 0 radical (unpaired) electrons. The highest BCUT2D eigenvalue weighted by Crippen LogP contribution is 2.37. The molecule has 0 amide bonds. The first kappa shape index (κ1) is 18.5. The maximum atomic E-state index is 14.7. The van der Waals surface area contributed by atoms with E-state index in [1.54, 1.807) is 0 Å². The Hall–Kier alpha value is -2.50. The van der Waals surface area contributed by atoms with Gasteiger partial charge in [0, 0.05) is 41.2 Å². The van der Waals surface area contributed by atoms with Gasteiger partial charge in [0.1, 0.15) is 6.10 Å². The summed E-state index contributed by atoms with van der Waals surface area (Å²) >= 11 is 1.37. The summed E-state index contributed by atoms with van der Waals surface area (Å²) in [5.41, 5.74) is 1.29. The lowest BCUT2D eigenvalue weighted by molar-refractivity contribution is 0.201. The Labute approximate surface area is 170 Å². The molecule has 0 unspecified atom stereocenters. The van der Waals surface area contributed by atoms with Crippen molar-refractivity contribution < 1.29 is 17.5 Å². The third-order valence-electron chi connectivity index (χ3n) is 5.32. The van der Waals surface area contributed by atoms with Crippen LogP contribution in [0.4, 0.5) is 15.9 Å². The number of ether oxygens (including phenoxy) is 1. The molecule has 1 saturated carbocycles. The molecule has 11 heteroatoms. The highest BCUT2D eigenvalue weighted by atomic mass is 32.2. The van der Waals surface area contributed by atoms with E-state index in [2.05, 4.69) is 24.6 Å². The maximum absolute atomic E-state index is 14.7. The van der Waals surface area contributed by atoms with Crippen molar-refractivity contribution in [2.24, 2.45) is 0 Å². The van der Waals surface area contributed by atoms with Crippen molar-refractivity contribution in [3.8, 4) is 5.88 Å². The predicted octanol–water partition coefficient (Wildman–Crippen LogP) is 3.26. The Bertz CT molecular complexity index is 1150. The molecule has 2 atom stereocenters. The van der Waals surface area contributed by atoms with Crippen LogP contribution in [0.5, 0.6) is 5.88 Å². The lowest BCUT2D eigenvalue weighted by atomic mass is 10.0. The third kappa shape index (κ3) is 3.49. The lowest BCUT2D eigenvalue weighted by Gasteiger charge is -2.11. The fraction of sp³-hybridized carbons (Fsp3) is 0.333. The van der Waals surface area contributed by atoms with Gasteiger partial charge in [0.05, 0.1) is 10.6 Å². The van der Waals surface area contributed by atoms with Crippen molar-refractivity contribution in [3.63, 3.8) is 0 Å². The number of halogens is 1. The molecule has 3 heterocycles. The number of nitrogens with zero attached hydrogens (tertiary/aromatic N) is 2. The number of fused-ring (bicyclic) bond motifs is 1. The molecule has 1 fully saturated rings. The van der Waals surface area contributed by atoms with Crippen LogP contribution in [0.3, 0.4) is 0 Å². The number of hydrogen-bond acceptors (Lipinski definition) is 7. The minimum Gasteiger partial charge on any atom is -0.474 e. The molecule has 1 aliphatic heterocycles. The molecular weight excluding hydrogens is 417 g/mol. The molecule has 0 spiro atoms. The summed E-state index contributed by atoms with van der Waals surface area (Å²) in [5.74, 6) is 0.840. The fourth-order valence-electron chi connectivity index (χ4n) is 3.87. The van der Waals surface area contributed by atoms with Gasteiger partial charge in [0.15, 0.2) is 11.6 Å². The molecule has 3 aromatic rings. The predicted molar refractivity (Wildman–Crippen MR) is 105 cm³/mol. The minimum absolute atomic E-state index is 0.0135. The molecule has 1 aromatic carbocycles. The van der Waals surface area contributed by atoms with Crippen LogP contribution in [0, 0.1) is 5.82 Å². The summed E-state index contributed by atoms with van der Waals surface area (Å²) in [4.78, 5) is -0.0135. The number of sulfonamides is 1. The van der Waals surface area contributed by atoms with E-state index in [0.717, 1.165) is 25.0 Å². The summed E-state index contributed by atoms with van der Waals surface area (Å²) in [6.07, 6.45) is 2.87. The molecule has 29 heavy (non-hydrogen) atoms. The molecule has 5 rings (SSSR count). The van der Waals surface area contributed by atoms with Gasteiger partial charge in [0.2, 0.25) is 15.9 Å². The Balaban J connectivity index is 1.28. The number of benzene rings is 1. The number of H-pyrrole nitrogens is 1. The summed E-state index contributed by atoms with van der Waals surface area (Å²) in [6.45, 7) is -0.0483. The number of nitrogens with one attached hydrogen (secondary N) is 3. The van der Waals surface area contributed by atoms with Crippen LogP contribution in [0.25, 0.3) is 0 Å². The van der Waals surface area contributed by atoms with Gasteiger partial charge in [-0.2, -0.15) is 9.47 Å². The van der Waals surface area contributed by atoms with E-state index >= 15 is 0 Å². The van der Waals surface area contributed by atoms with Gasteiger partial charge >= 0.3 is 0 Å². The zero-order valence-corrected chi connectivity index (χ0v) is 16.8. The highest BCUT2D eigenvalue weighted by Gasteiger charge is 2.31. The maximum Gasteiger partial charge on any atom is 0.241 e. The lowest BCUT2D eigenvalue weighted by Crippen LogP contribution is -2.13. The zero-order chi connectivity index (χ0) is 20.0. The van der Waals surface area contributed by atoms with Gasteiger partial charge in [-0.1, -0.05) is 0 Å². The van der Waals surface area contributed by atoms with E-state index in [1.165, 1.54) is 23.7 Å². The average Bonchev–Trinajstić information content (AvgIpc) is 3.46. The molecule has 0 bridgehead atoms. The molecular formula is C18H18FN5O3S2. The molecule has 1 aliphatic carbocycles. The smallest absolute Gasteiger partial charge is 0.241 e. The van der Waals surface area contributed by atoms with Gasteiger partial charge in [-0.05, 0) is 42.9 Å². The Morgan fingerprint density at radius 1 is 1.28 bits per heavy atom. The molecule has 3 N–H and O–H groups in total. The number of hydrogen-bond donors (Lipinski definition) is 3. The van der Waals surface area contributed by atoms with Gasteiger partial charge in [-0.3, -0.25) is 5.10 Å². The van der Waals surface area contributed by atoms with Crippen LogP contribution in [-0.2, 0) is 16.6 Å². The van der Waals surface area contributed by atoms with E-state index in [0.29, 0.717) is 11.7 Å². The summed E-state index contributed by atoms with van der Waals surface area (Å²) in [5, 5.41) is 12.1. The molecule has 2 aromatic heterocycles. The molecule has 2 aliphatic rings. The van der Waals surface area contributed by atoms with Gasteiger partial charge in [-0.15, -0.1) is 0 Å². The Kier molecular flexibility index (Phi) is 4.52. The van der Waals surface area contributed by atoms with Crippen LogP contribution >= 0.6 is 11.5 Å². The SMILES string of the molecule is O=S1(=O)NCc2c1ccc(Nc1cc([C@H]3CC[C@@H](Oc4ccsn4)C3)[nH]n1)c2F. The second-order valence-corrected chi connectivity index (χ2v) is 9.55. The zero-order valence-electron chi connectivity index (χ0n) is 15.2. The normalized spacial score (nSPS) is 22.5. The topological polar surface area (TPSA) is 109 Å². The van der Waals surface area contributed by atoms with Crippen LogP contribution in [0.1, 0.15) is 36.4 Å². The quantitative estimate of drug-likeness (QED) is 0.568. The van der Waals surface area contributed by atoms with E-state index in [-0.39, 0.29) is 34.7 Å².